The number of non-ortho nitro benzene ring substituents is 1. The van der Waals surface area contributed by atoms with Gasteiger partial charge in [-0.2, -0.15) is 10.1 Å². The number of carbonyl (C=O) groups is 1. The van der Waals surface area contributed by atoms with Crippen LogP contribution < -0.4 is 9.75 Å². The molecule has 4 rings (SSSR count). The van der Waals surface area contributed by atoms with Gasteiger partial charge in [0, 0.05) is 22.7 Å². The van der Waals surface area contributed by atoms with Crippen molar-refractivity contribution in [1.82, 2.24) is 0 Å². The van der Waals surface area contributed by atoms with Gasteiger partial charge in [0.05, 0.1) is 21.9 Å². The molecule has 3 aromatic rings. The van der Waals surface area contributed by atoms with Crippen molar-refractivity contribution in [3.05, 3.63) is 105 Å². The van der Waals surface area contributed by atoms with Crippen LogP contribution in [-0.4, -0.2) is 16.5 Å². The number of amides is 1. The van der Waals surface area contributed by atoms with Crippen LogP contribution in [0.5, 0.6) is 5.75 Å². The van der Waals surface area contributed by atoms with E-state index in [0.717, 1.165) is 11.1 Å². The average Bonchev–Trinajstić information content (AvgIpc) is 3.08. The molecule has 8 heteroatoms. The highest BCUT2D eigenvalue weighted by atomic mass is 35.5. The molecular formula is C24H18ClN3O4. The van der Waals surface area contributed by atoms with E-state index in [-0.39, 0.29) is 11.6 Å². The van der Waals surface area contributed by atoms with Crippen LogP contribution in [0.3, 0.4) is 0 Å². The zero-order valence-electron chi connectivity index (χ0n) is 17.1. The first-order valence-electron chi connectivity index (χ1n) is 9.75. The van der Waals surface area contributed by atoms with E-state index in [0.29, 0.717) is 34.4 Å². The second-order valence-electron chi connectivity index (χ2n) is 7.09. The maximum atomic E-state index is 13.0. The highest BCUT2D eigenvalue weighted by Crippen LogP contribution is 2.29. The molecular weight excluding hydrogens is 430 g/mol. The van der Waals surface area contributed by atoms with E-state index >= 15 is 0 Å². The lowest BCUT2D eigenvalue weighted by Crippen LogP contribution is -2.21. The van der Waals surface area contributed by atoms with Crippen LogP contribution in [0.2, 0.25) is 5.02 Å². The Balaban J connectivity index is 1.56. The molecule has 32 heavy (non-hydrogen) atoms. The van der Waals surface area contributed by atoms with E-state index in [1.54, 1.807) is 25.1 Å². The first-order valence-corrected chi connectivity index (χ1v) is 10.1. The quantitative estimate of drug-likeness (QED) is 0.278. The summed E-state index contributed by atoms with van der Waals surface area (Å²) in [7, 11) is 0. The normalized spacial score (nSPS) is 14.6. The number of nitro groups is 1. The van der Waals surface area contributed by atoms with Crippen molar-refractivity contribution in [3.8, 4) is 5.75 Å². The summed E-state index contributed by atoms with van der Waals surface area (Å²) in [6, 6.07) is 20.5. The minimum absolute atomic E-state index is 0.0522. The third kappa shape index (κ3) is 4.53. The number of ether oxygens (including phenoxy) is 1. The predicted molar refractivity (Wildman–Crippen MR) is 124 cm³/mol. The number of halogens is 1. The summed E-state index contributed by atoms with van der Waals surface area (Å²) < 4.78 is 5.97. The molecule has 0 fully saturated rings. The van der Waals surface area contributed by atoms with Crippen LogP contribution in [0.25, 0.3) is 6.08 Å². The van der Waals surface area contributed by atoms with Crippen LogP contribution in [0.4, 0.5) is 11.4 Å². The largest absolute Gasteiger partial charge is 0.488 e. The molecule has 0 aromatic heterocycles. The number of para-hydroxylation sites is 1. The molecule has 1 amide bonds. The molecule has 0 unspecified atom stereocenters. The summed E-state index contributed by atoms with van der Waals surface area (Å²) in [5, 5.41) is 17.1. The van der Waals surface area contributed by atoms with Crippen molar-refractivity contribution in [1.29, 1.82) is 0 Å². The van der Waals surface area contributed by atoms with E-state index in [4.69, 9.17) is 16.3 Å². The summed E-state index contributed by atoms with van der Waals surface area (Å²) in [6.07, 6.45) is 1.74. The lowest BCUT2D eigenvalue weighted by molar-refractivity contribution is -0.384. The Labute approximate surface area is 189 Å². The van der Waals surface area contributed by atoms with Crippen LogP contribution in [0.1, 0.15) is 18.1 Å². The molecule has 160 valence electrons. The van der Waals surface area contributed by atoms with Gasteiger partial charge in [-0.15, -0.1) is 0 Å². The van der Waals surface area contributed by atoms with Crippen molar-refractivity contribution >= 4 is 40.7 Å². The second kappa shape index (κ2) is 9.03. The first kappa shape index (κ1) is 21.3. The molecule has 1 aliphatic heterocycles. The molecule has 0 bridgehead atoms. The zero-order valence-corrected chi connectivity index (χ0v) is 17.8. The molecule has 0 atom stereocenters. The van der Waals surface area contributed by atoms with Gasteiger partial charge in [-0.05, 0) is 48.9 Å². The molecule has 1 aliphatic rings. The molecule has 1 heterocycles. The maximum Gasteiger partial charge on any atom is 0.280 e. The van der Waals surface area contributed by atoms with E-state index in [9.17, 15) is 14.9 Å². The van der Waals surface area contributed by atoms with Gasteiger partial charge >= 0.3 is 0 Å². The van der Waals surface area contributed by atoms with Crippen LogP contribution in [-0.2, 0) is 11.4 Å². The van der Waals surface area contributed by atoms with Crippen molar-refractivity contribution in [3.63, 3.8) is 0 Å². The molecule has 0 saturated carbocycles. The van der Waals surface area contributed by atoms with Gasteiger partial charge in [-0.1, -0.05) is 41.9 Å². The number of benzene rings is 3. The molecule has 0 saturated heterocycles. The molecule has 3 aromatic carbocycles. The summed E-state index contributed by atoms with van der Waals surface area (Å²) >= 11 is 5.93. The summed E-state index contributed by atoms with van der Waals surface area (Å²) in [5.74, 6) is 0.313. The van der Waals surface area contributed by atoms with E-state index in [2.05, 4.69) is 5.10 Å². The fourth-order valence-electron chi connectivity index (χ4n) is 3.20. The number of hydrazone groups is 1. The lowest BCUT2D eigenvalue weighted by atomic mass is 10.1. The van der Waals surface area contributed by atoms with Crippen LogP contribution in [0.15, 0.2) is 83.5 Å². The maximum absolute atomic E-state index is 13.0. The Morgan fingerprint density at radius 1 is 1.06 bits per heavy atom. The number of anilines is 1. The summed E-state index contributed by atoms with van der Waals surface area (Å²) in [6.45, 7) is 2.10. The van der Waals surface area contributed by atoms with Crippen molar-refractivity contribution < 1.29 is 14.5 Å². The fraction of sp³-hybridized carbons (Fsp3) is 0.0833. The standard InChI is InChI=1S/C24H18ClN3O4/c1-16-22(24(29)27(26-16)20-10-12-21(13-11-20)28(30)31)14-18-4-2-3-5-23(18)32-15-17-6-8-19(25)9-7-17/h2-14H,15H2,1H3. The summed E-state index contributed by atoms with van der Waals surface area (Å²) in [4.78, 5) is 23.4. The molecule has 0 spiro atoms. The Kier molecular flexibility index (Phi) is 6.00. The zero-order chi connectivity index (χ0) is 22.7. The fourth-order valence-corrected chi connectivity index (χ4v) is 3.33. The summed E-state index contributed by atoms with van der Waals surface area (Å²) in [5.41, 5.74) is 3.08. The van der Waals surface area contributed by atoms with E-state index in [1.165, 1.54) is 29.3 Å². The van der Waals surface area contributed by atoms with Crippen molar-refractivity contribution in [2.45, 2.75) is 13.5 Å². The number of nitro benzene ring substituents is 1. The topological polar surface area (TPSA) is 85.0 Å². The van der Waals surface area contributed by atoms with Gasteiger partial charge in [0.25, 0.3) is 11.6 Å². The van der Waals surface area contributed by atoms with E-state index < -0.39 is 4.92 Å². The molecule has 0 radical (unpaired) electrons. The Morgan fingerprint density at radius 3 is 2.44 bits per heavy atom. The monoisotopic (exact) mass is 447 g/mol. The minimum atomic E-state index is -0.490. The lowest BCUT2D eigenvalue weighted by Gasteiger charge is -2.12. The van der Waals surface area contributed by atoms with Gasteiger partial charge in [0.15, 0.2) is 0 Å². The number of hydrogen-bond donors (Lipinski definition) is 0. The smallest absolute Gasteiger partial charge is 0.280 e. The number of rotatable bonds is 6. The molecule has 0 aliphatic carbocycles. The van der Waals surface area contributed by atoms with Crippen LogP contribution in [0, 0.1) is 10.1 Å². The van der Waals surface area contributed by atoms with Gasteiger partial charge in [-0.25, -0.2) is 0 Å². The number of carbonyl (C=O) groups excluding carboxylic acids is 1. The Bertz CT molecular complexity index is 1230. The SMILES string of the molecule is CC1=NN(c2ccc([N+](=O)[O-])cc2)C(=O)C1=Cc1ccccc1OCc1ccc(Cl)cc1. The van der Waals surface area contributed by atoms with Gasteiger partial charge in [0.1, 0.15) is 12.4 Å². The van der Waals surface area contributed by atoms with Gasteiger partial charge < -0.3 is 4.74 Å². The third-order valence-electron chi connectivity index (χ3n) is 4.89. The highest BCUT2D eigenvalue weighted by Gasteiger charge is 2.29. The first-order chi connectivity index (χ1) is 15.4. The predicted octanol–water partition coefficient (Wildman–Crippen LogP) is 5.63. The Morgan fingerprint density at radius 2 is 1.75 bits per heavy atom. The van der Waals surface area contributed by atoms with Crippen molar-refractivity contribution in [2.75, 3.05) is 5.01 Å². The van der Waals surface area contributed by atoms with Gasteiger partial charge in [0.2, 0.25) is 0 Å². The van der Waals surface area contributed by atoms with Crippen molar-refractivity contribution in [2.24, 2.45) is 5.10 Å². The highest BCUT2D eigenvalue weighted by molar-refractivity contribution is 6.32. The van der Waals surface area contributed by atoms with Gasteiger partial charge in [-0.3, -0.25) is 14.9 Å². The Hall–Kier alpha value is -3.97. The number of hydrogen-bond acceptors (Lipinski definition) is 5. The van der Waals surface area contributed by atoms with Crippen LogP contribution >= 0.6 is 11.6 Å². The molecule has 7 nitrogen and oxygen atoms in total. The average molecular weight is 448 g/mol. The number of nitrogens with zero attached hydrogens (tertiary/aromatic N) is 3. The second-order valence-corrected chi connectivity index (χ2v) is 7.52. The molecule has 0 N–H and O–H groups in total. The third-order valence-corrected chi connectivity index (χ3v) is 5.15. The van der Waals surface area contributed by atoms with E-state index in [1.807, 2.05) is 36.4 Å². The minimum Gasteiger partial charge on any atom is -0.488 e.